The van der Waals surface area contributed by atoms with E-state index in [0.717, 1.165) is 27.0 Å². The fourth-order valence-electron chi connectivity index (χ4n) is 2.70. The molecule has 0 unspecified atom stereocenters. The molecule has 0 aliphatic heterocycles. The van der Waals surface area contributed by atoms with Crippen LogP contribution in [-0.2, 0) is 6.61 Å². The summed E-state index contributed by atoms with van der Waals surface area (Å²) in [5.74, 6) is 0.522. The van der Waals surface area contributed by atoms with Crippen molar-refractivity contribution in [2.45, 2.75) is 6.61 Å². The maximum atomic E-state index is 12.5. The van der Waals surface area contributed by atoms with E-state index in [1.807, 2.05) is 60.0 Å². The number of carbonyl (C=O) groups is 1. The molecular weight excluding hydrogens is 448 g/mol. The molecule has 0 aliphatic rings. The lowest BCUT2D eigenvalue weighted by Crippen LogP contribution is -2.11. The summed E-state index contributed by atoms with van der Waals surface area (Å²) in [5, 5.41) is 5.35. The van der Waals surface area contributed by atoms with E-state index in [1.54, 1.807) is 24.3 Å². The predicted octanol–water partition coefficient (Wildman–Crippen LogP) is 6.40. The first-order chi connectivity index (χ1) is 14.2. The van der Waals surface area contributed by atoms with Crippen LogP contribution < -0.4 is 10.1 Å². The summed E-state index contributed by atoms with van der Waals surface area (Å²) in [5.41, 5.74) is 3.49. The van der Waals surface area contributed by atoms with Gasteiger partial charge in [-0.1, -0.05) is 58.4 Å². The van der Waals surface area contributed by atoms with Gasteiger partial charge in [0.05, 0.1) is 5.69 Å². The number of carbonyl (C=O) groups excluding carboxylic acids is 1. The molecule has 4 aromatic rings. The van der Waals surface area contributed by atoms with Crippen LogP contribution in [0.15, 0.2) is 88.7 Å². The molecule has 4 rings (SSSR count). The SMILES string of the molecule is O=C(Nc1nc(-c2ccc(Br)cc2)cs1)c1ccc(OCc2ccccc2)cc1. The molecule has 144 valence electrons. The highest BCUT2D eigenvalue weighted by Crippen LogP contribution is 2.26. The lowest BCUT2D eigenvalue weighted by atomic mass is 10.2. The van der Waals surface area contributed by atoms with Gasteiger partial charge in [-0.25, -0.2) is 4.98 Å². The highest BCUT2D eigenvalue weighted by Gasteiger charge is 2.10. The van der Waals surface area contributed by atoms with E-state index >= 15 is 0 Å². The van der Waals surface area contributed by atoms with E-state index < -0.39 is 0 Å². The number of thiazole rings is 1. The van der Waals surface area contributed by atoms with Gasteiger partial charge in [-0.15, -0.1) is 11.3 Å². The maximum absolute atomic E-state index is 12.5. The molecule has 1 N–H and O–H groups in total. The summed E-state index contributed by atoms with van der Waals surface area (Å²) in [6.07, 6.45) is 0. The second-order valence-electron chi connectivity index (χ2n) is 6.30. The highest BCUT2D eigenvalue weighted by atomic mass is 79.9. The quantitative estimate of drug-likeness (QED) is 0.358. The van der Waals surface area contributed by atoms with Gasteiger partial charge in [-0.05, 0) is 42.0 Å². The van der Waals surface area contributed by atoms with Crippen LogP contribution in [0.3, 0.4) is 0 Å². The number of halogens is 1. The third kappa shape index (κ3) is 5.10. The van der Waals surface area contributed by atoms with E-state index in [4.69, 9.17) is 4.74 Å². The topological polar surface area (TPSA) is 51.2 Å². The third-order valence-corrected chi connectivity index (χ3v) is 5.52. The minimum atomic E-state index is -0.198. The molecule has 6 heteroatoms. The van der Waals surface area contributed by atoms with Crippen LogP contribution in [-0.4, -0.2) is 10.9 Å². The van der Waals surface area contributed by atoms with Crippen LogP contribution in [0.5, 0.6) is 5.75 Å². The summed E-state index contributed by atoms with van der Waals surface area (Å²) in [6.45, 7) is 0.490. The number of anilines is 1. The van der Waals surface area contributed by atoms with Gasteiger partial charge < -0.3 is 4.74 Å². The van der Waals surface area contributed by atoms with Gasteiger partial charge in [0.15, 0.2) is 5.13 Å². The van der Waals surface area contributed by atoms with Gasteiger partial charge in [0.1, 0.15) is 12.4 Å². The Bertz CT molecular complexity index is 1090. The van der Waals surface area contributed by atoms with Crippen molar-refractivity contribution in [3.05, 3.63) is 99.8 Å². The van der Waals surface area contributed by atoms with Gasteiger partial charge >= 0.3 is 0 Å². The van der Waals surface area contributed by atoms with Crippen molar-refractivity contribution < 1.29 is 9.53 Å². The minimum Gasteiger partial charge on any atom is -0.489 e. The molecule has 0 saturated carbocycles. The lowest BCUT2D eigenvalue weighted by Gasteiger charge is -2.07. The van der Waals surface area contributed by atoms with Crippen LogP contribution in [0.4, 0.5) is 5.13 Å². The molecule has 0 fully saturated rings. The normalized spacial score (nSPS) is 10.5. The Morgan fingerprint density at radius 2 is 1.69 bits per heavy atom. The Morgan fingerprint density at radius 1 is 0.966 bits per heavy atom. The molecule has 0 aliphatic carbocycles. The molecule has 3 aromatic carbocycles. The monoisotopic (exact) mass is 464 g/mol. The highest BCUT2D eigenvalue weighted by molar-refractivity contribution is 9.10. The largest absolute Gasteiger partial charge is 0.489 e. The second-order valence-corrected chi connectivity index (χ2v) is 8.07. The van der Waals surface area contributed by atoms with E-state index in [9.17, 15) is 4.79 Å². The van der Waals surface area contributed by atoms with E-state index in [-0.39, 0.29) is 5.91 Å². The van der Waals surface area contributed by atoms with Crippen molar-refractivity contribution in [1.82, 2.24) is 4.98 Å². The molecule has 0 radical (unpaired) electrons. The molecule has 0 spiro atoms. The summed E-state index contributed by atoms with van der Waals surface area (Å²) >= 11 is 4.83. The number of aromatic nitrogens is 1. The second kappa shape index (κ2) is 9.03. The van der Waals surface area contributed by atoms with Gasteiger partial charge in [0, 0.05) is 21.0 Å². The van der Waals surface area contributed by atoms with Crippen LogP contribution in [0.1, 0.15) is 15.9 Å². The number of benzene rings is 3. The average molecular weight is 465 g/mol. The third-order valence-electron chi connectivity index (χ3n) is 4.23. The molecule has 1 aromatic heterocycles. The number of hydrogen-bond acceptors (Lipinski definition) is 4. The Balaban J connectivity index is 1.37. The van der Waals surface area contributed by atoms with Crippen molar-refractivity contribution in [2.24, 2.45) is 0 Å². The van der Waals surface area contributed by atoms with Crippen molar-refractivity contribution in [3.63, 3.8) is 0 Å². The molecule has 1 heterocycles. The Labute approximate surface area is 181 Å². The molecule has 4 nitrogen and oxygen atoms in total. The molecule has 1 amide bonds. The molecular formula is C23H17BrN2O2S. The predicted molar refractivity (Wildman–Crippen MR) is 120 cm³/mol. The van der Waals surface area contributed by atoms with Crippen molar-refractivity contribution in [3.8, 4) is 17.0 Å². The average Bonchev–Trinajstić information content (AvgIpc) is 3.22. The van der Waals surface area contributed by atoms with E-state index in [1.165, 1.54) is 11.3 Å². The zero-order valence-electron chi connectivity index (χ0n) is 15.3. The van der Waals surface area contributed by atoms with Crippen LogP contribution in [0.2, 0.25) is 0 Å². The Hall–Kier alpha value is -2.96. The summed E-state index contributed by atoms with van der Waals surface area (Å²) in [4.78, 5) is 17.0. The first-order valence-corrected chi connectivity index (χ1v) is 10.6. The lowest BCUT2D eigenvalue weighted by molar-refractivity contribution is 0.102. The Morgan fingerprint density at radius 3 is 2.41 bits per heavy atom. The molecule has 0 saturated heterocycles. The van der Waals surface area contributed by atoms with E-state index in [0.29, 0.717) is 17.3 Å². The first kappa shape index (κ1) is 19.4. The number of amides is 1. The first-order valence-electron chi connectivity index (χ1n) is 8.97. The number of nitrogens with one attached hydrogen (secondary N) is 1. The van der Waals surface area contributed by atoms with Crippen LogP contribution in [0.25, 0.3) is 11.3 Å². The zero-order chi connectivity index (χ0) is 20.1. The van der Waals surface area contributed by atoms with Gasteiger partial charge in [0.25, 0.3) is 5.91 Å². The summed E-state index contributed by atoms with van der Waals surface area (Å²) < 4.78 is 6.78. The van der Waals surface area contributed by atoms with Crippen LogP contribution >= 0.6 is 27.3 Å². The van der Waals surface area contributed by atoms with Gasteiger partial charge in [-0.2, -0.15) is 0 Å². The Kier molecular flexibility index (Phi) is 6.03. The van der Waals surface area contributed by atoms with Gasteiger partial charge in [0.2, 0.25) is 0 Å². The zero-order valence-corrected chi connectivity index (χ0v) is 17.7. The number of ether oxygens (including phenoxy) is 1. The maximum Gasteiger partial charge on any atom is 0.257 e. The number of rotatable bonds is 6. The number of nitrogens with zero attached hydrogens (tertiary/aromatic N) is 1. The van der Waals surface area contributed by atoms with Crippen molar-refractivity contribution >= 4 is 38.3 Å². The summed E-state index contributed by atoms with van der Waals surface area (Å²) in [7, 11) is 0. The summed E-state index contributed by atoms with van der Waals surface area (Å²) in [6, 6.07) is 25.0. The molecule has 0 bridgehead atoms. The van der Waals surface area contributed by atoms with E-state index in [2.05, 4.69) is 26.2 Å². The number of hydrogen-bond donors (Lipinski definition) is 1. The van der Waals surface area contributed by atoms with Crippen molar-refractivity contribution in [2.75, 3.05) is 5.32 Å². The van der Waals surface area contributed by atoms with Gasteiger partial charge in [-0.3, -0.25) is 10.1 Å². The smallest absolute Gasteiger partial charge is 0.257 e. The fraction of sp³-hybridized carbons (Fsp3) is 0.0435. The molecule has 0 atom stereocenters. The van der Waals surface area contributed by atoms with Crippen molar-refractivity contribution in [1.29, 1.82) is 0 Å². The van der Waals surface area contributed by atoms with Crippen LogP contribution in [0, 0.1) is 0 Å². The molecule has 29 heavy (non-hydrogen) atoms. The standard InChI is InChI=1S/C23H17BrN2O2S/c24-19-10-6-17(7-11-19)21-15-29-23(25-21)26-22(27)18-8-12-20(13-9-18)28-14-16-4-2-1-3-5-16/h1-13,15H,14H2,(H,25,26,27). The fourth-order valence-corrected chi connectivity index (χ4v) is 3.68. The minimum absolute atomic E-state index is 0.198.